The largest absolute Gasteiger partial charge is 0.497 e. The van der Waals surface area contributed by atoms with Gasteiger partial charge in [-0.3, -0.25) is 0 Å². The fourth-order valence-corrected chi connectivity index (χ4v) is 3.72. The molecule has 4 aromatic rings. The molecule has 0 atom stereocenters. The predicted molar refractivity (Wildman–Crippen MR) is 134 cm³/mol. The summed E-state index contributed by atoms with van der Waals surface area (Å²) in [5, 5.41) is 0. The number of hydrogen-bond acceptors (Lipinski definition) is 2. The minimum atomic E-state index is -0.909. The third kappa shape index (κ3) is 5.64. The molecule has 0 unspecified atom stereocenters. The van der Waals surface area contributed by atoms with Crippen LogP contribution in [-0.2, 0) is 11.3 Å². The lowest BCUT2D eigenvalue weighted by atomic mass is 10.0. The van der Waals surface area contributed by atoms with E-state index in [1.807, 2.05) is 37.3 Å². The molecule has 0 N–H and O–H groups in total. The van der Waals surface area contributed by atoms with Crippen LogP contribution in [0, 0.1) is 17.5 Å². The van der Waals surface area contributed by atoms with Crippen molar-refractivity contribution in [3.05, 3.63) is 113 Å². The Morgan fingerprint density at radius 2 is 1.40 bits per heavy atom. The summed E-state index contributed by atoms with van der Waals surface area (Å²) in [6.07, 6.45) is 3.24. The van der Waals surface area contributed by atoms with Gasteiger partial charge in [-0.15, -0.1) is 0 Å². The fraction of sp³-hybridized carbons (Fsp3) is 0.133. The van der Waals surface area contributed by atoms with Crippen LogP contribution in [0.25, 0.3) is 34.4 Å². The highest BCUT2D eigenvalue weighted by Gasteiger charge is 2.13. The summed E-state index contributed by atoms with van der Waals surface area (Å²) in [5.74, 6) is -1.48. The van der Waals surface area contributed by atoms with E-state index in [1.165, 1.54) is 12.1 Å². The van der Waals surface area contributed by atoms with Crippen LogP contribution in [-0.4, -0.2) is 13.7 Å². The average Bonchev–Trinajstić information content (AvgIpc) is 2.89. The van der Waals surface area contributed by atoms with Gasteiger partial charge in [-0.2, -0.15) is 0 Å². The van der Waals surface area contributed by atoms with E-state index in [9.17, 15) is 13.2 Å². The summed E-state index contributed by atoms with van der Waals surface area (Å²) in [4.78, 5) is 0. The molecular formula is C30H25F3O2. The third-order valence-corrected chi connectivity index (χ3v) is 5.73. The second-order valence-electron chi connectivity index (χ2n) is 7.96. The lowest BCUT2D eigenvalue weighted by Crippen LogP contribution is -1.95. The van der Waals surface area contributed by atoms with Gasteiger partial charge in [0.25, 0.3) is 0 Å². The van der Waals surface area contributed by atoms with Crippen molar-refractivity contribution in [1.82, 2.24) is 0 Å². The molecule has 178 valence electrons. The highest BCUT2D eigenvalue weighted by molar-refractivity contribution is 5.74. The number of methoxy groups -OCH3 is 1. The number of hydrogen-bond donors (Lipinski definition) is 0. The van der Waals surface area contributed by atoms with Crippen molar-refractivity contribution in [2.24, 2.45) is 0 Å². The molecule has 0 aliphatic carbocycles. The van der Waals surface area contributed by atoms with Crippen LogP contribution in [0.3, 0.4) is 0 Å². The molecule has 0 saturated carbocycles. The molecule has 4 rings (SSSR count). The summed E-state index contributed by atoms with van der Waals surface area (Å²) >= 11 is 0. The van der Waals surface area contributed by atoms with Gasteiger partial charge >= 0.3 is 0 Å². The van der Waals surface area contributed by atoms with Crippen LogP contribution in [0.4, 0.5) is 13.2 Å². The smallest absolute Gasteiger partial charge is 0.167 e. The summed E-state index contributed by atoms with van der Waals surface area (Å²) in [7, 11) is 1.55. The zero-order chi connectivity index (χ0) is 24.8. The maximum Gasteiger partial charge on any atom is 0.167 e. The molecule has 2 nitrogen and oxygen atoms in total. The maximum atomic E-state index is 14.7. The molecule has 0 heterocycles. The van der Waals surface area contributed by atoms with E-state index in [0.717, 1.165) is 16.7 Å². The fourth-order valence-electron chi connectivity index (χ4n) is 3.72. The highest BCUT2D eigenvalue weighted by atomic mass is 19.2. The second-order valence-corrected chi connectivity index (χ2v) is 7.96. The average molecular weight is 475 g/mol. The molecule has 0 aliphatic heterocycles. The van der Waals surface area contributed by atoms with Gasteiger partial charge in [-0.05, 0) is 47.4 Å². The Kier molecular flexibility index (Phi) is 7.68. The van der Waals surface area contributed by atoms with E-state index >= 15 is 0 Å². The van der Waals surface area contributed by atoms with Gasteiger partial charge in [0, 0.05) is 23.3 Å². The van der Waals surface area contributed by atoms with Crippen molar-refractivity contribution >= 4 is 12.2 Å². The monoisotopic (exact) mass is 474 g/mol. The molecule has 0 fully saturated rings. The molecule has 5 heteroatoms. The van der Waals surface area contributed by atoms with Gasteiger partial charge in [-0.1, -0.05) is 72.8 Å². The van der Waals surface area contributed by atoms with Crippen molar-refractivity contribution in [2.45, 2.75) is 13.5 Å². The first-order chi connectivity index (χ1) is 17.0. The van der Waals surface area contributed by atoms with E-state index < -0.39 is 11.6 Å². The Morgan fingerprint density at radius 3 is 2.06 bits per heavy atom. The van der Waals surface area contributed by atoms with E-state index in [1.54, 1.807) is 55.7 Å². The standard InChI is InChI=1S/C30H25F3O2/c1-3-35-19-25-11-10-24(18-28(25)31)21-7-4-20(5-8-21)6-9-23-14-17-27(30(33)29(23)32)22-12-15-26(34-2)16-13-22/h4-18H,3,19H2,1-2H3/b9-6+. The summed E-state index contributed by atoms with van der Waals surface area (Å²) in [6, 6.07) is 22.4. The lowest BCUT2D eigenvalue weighted by Gasteiger charge is -2.08. The van der Waals surface area contributed by atoms with Crippen molar-refractivity contribution in [3.8, 4) is 28.0 Å². The third-order valence-electron chi connectivity index (χ3n) is 5.73. The number of ether oxygens (including phenoxy) is 2. The molecule has 0 saturated heterocycles. The van der Waals surface area contributed by atoms with Gasteiger partial charge in [0.05, 0.1) is 13.7 Å². The number of halogens is 3. The molecule has 35 heavy (non-hydrogen) atoms. The molecule has 4 aromatic carbocycles. The number of rotatable bonds is 8. The first-order valence-corrected chi connectivity index (χ1v) is 11.3. The summed E-state index contributed by atoms with van der Waals surface area (Å²) < 4.78 is 54.2. The highest BCUT2D eigenvalue weighted by Crippen LogP contribution is 2.29. The Bertz CT molecular complexity index is 1330. The maximum absolute atomic E-state index is 14.7. The zero-order valence-corrected chi connectivity index (χ0v) is 19.5. The van der Waals surface area contributed by atoms with Crippen molar-refractivity contribution in [1.29, 1.82) is 0 Å². The van der Waals surface area contributed by atoms with Crippen molar-refractivity contribution < 1.29 is 22.6 Å². The van der Waals surface area contributed by atoms with Gasteiger partial charge in [-0.25, -0.2) is 13.2 Å². The van der Waals surface area contributed by atoms with Crippen LogP contribution in [0.1, 0.15) is 23.6 Å². The molecule has 0 radical (unpaired) electrons. The Balaban J connectivity index is 1.50. The quantitative estimate of drug-likeness (QED) is 0.240. The van der Waals surface area contributed by atoms with Crippen molar-refractivity contribution in [2.75, 3.05) is 13.7 Å². The molecular weight excluding hydrogens is 449 g/mol. The normalized spacial score (nSPS) is 11.2. The molecule has 0 aromatic heterocycles. The Morgan fingerprint density at radius 1 is 0.714 bits per heavy atom. The molecule has 0 spiro atoms. The SMILES string of the molecule is CCOCc1ccc(-c2ccc(/C=C/c3ccc(-c4ccc(OC)cc4)c(F)c3F)cc2)cc1F. The minimum Gasteiger partial charge on any atom is -0.497 e. The van der Waals surface area contributed by atoms with Crippen LogP contribution >= 0.6 is 0 Å². The predicted octanol–water partition coefficient (Wildman–Crippen LogP) is 8.15. The minimum absolute atomic E-state index is 0.149. The summed E-state index contributed by atoms with van der Waals surface area (Å²) in [6.45, 7) is 2.63. The van der Waals surface area contributed by atoms with Crippen LogP contribution in [0.5, 0.6) is 5.75 Å². The zero-order valence-electron chi connectivity index (χ0n) is 19.5. The van der Waals surface area contributed by atoms with Gasteiger partial charge in [0.1, 0.15) is 11.6 Å². The van der Waals surface area contributed by atoms with E-state index in [0.29, 0.717) is 23.5 Å². The van der Waals surface area contributed by atoms with Crippen LogP contribution < -0.4 is 4.74 Å². The first kappa shape index (κ1) is 24.3. The summed E-state index contributed by atoms with van der Waals surface area (Å²) in [5.41, 5.74) is 3.83. The topological polar surface area (TPSA) is 18.5 Å². The van der Waals surface area contributed by atoms with Gasteiger partial charge in [0.15, 0.2) is 11.6 Å². The van der Waals surface area contributed by atoms with E-state index in [-0.39, 0.29) is 23.6 Å². The lowest BCUT2D eigenvalue weighted by molar-refractivity contribution is 0.131. The van der Waals surface area contributed by atoms with E-state index in [4.69, 9.17) is 9.47 Å². The molecule has 0 bridgehead atoms. The second kappa shape index (κ2) is 11.1. The van der Waals surface area contributed by atoms with Crippen LogP contribution in [0.2, 0.25) is 0 Å². The Labute approximate surface area is 203 Å². The number of benzene rings is 4. The molecule has 0 aliphatic rings. The first-order valence-electron chi connectivity index (χ1n) is 11.3. The molecule has 0 amide bonds. The van der Waals surface area contributed by atoms with Gasteiger partial charge < -0.3 is 9.47 Å². The van der Waals surface area contributed by atoms with E-state index in [2.05, 4.69) is 0 Å². The Hall–Kier alpha value is -3.83. The van der Waals surface area contributed by atoms with Crippen LogP contribution in [0.15, 0.2) is 78.9 Å². The van der Waals surface area contributed by atoms with Crippen molar-refractivity contribution in [3.63, 3.8) is 0 Å². The van der Waals surface area contributed by atoms with Gasteiger partial charge in [0.2, 0.25) is 0 Å².